The molecule has 3 rings (SSSR count). The van der Waals surface area contributed by atoms with Crippen molar-refractivity contribution >= 4 is 21.8 Å². The number of fused-ring (bicyclic) bond motifs is 1. The normalized spacial score (nSPS) is 23.1. The fourth-order valence-corrected chi connectivity index (χ4v) is 3.43. The molecule has 1 amide bonds. The molecule has 0 bridgehead atoms. The van der Waals surface area contributed by atoms with Gasteiger partial charge in [-0.2, -0.15) is 0 Å². The van der Waals surface area contributed by atoms with Crippen LogP contribution in [0.4, 0.5) is 0 Å². The van der Waals surface area contributed by atoms with E-state index in [2.05, 4.69) is 21.1 Å². The molecule has 118 valence electrons. The van der Waals surface area contributed by atoms with Crippen LogP contribution in [0.2, 0.25) is 0 Å². The van der Waals surface area contributed by atoms with Gasteiger partial charge in [0.15, 0.2) is 0 Å². The predicted octanol–water partition coefficient (Wildman–Crippen LogP) is -0.480. The quantitative estimate of drug-likeness (QED) is 0.685. The van der Waals surface area contributed by atoms with Crippen LogP contribution in [0.3, 0.4) is 0 Å². The average molecular weight is 322 g/mol. The number of hydrogen-bond acceptors (Lipinski definition) is 5. The van der Waals surface area contributed by atoms with Crippen LogP contribution >= 0.6 is 0 Å². The number of nitrogens with zero attached hydrogens (tertiary/aromatic N) is 2. The summed E-state index contributed by atoms with van der Waals surface area (Å²) < 4.78 is 26.6. The number of carbonyl (C=O) groups is 1. The van der Waals surface area contributed by atoms with Crippen molar-refractivity contribution < 1.29 is 13.2 Å². The first-order valence-electron chi connectivity index (χ1n) is 7.19. The first kappa shape index (κ1) is 15.0. The summed E-state index contributed by atoms with van der Waals surface area (Å²) in [6.45, 7) is 2.64. The molecule has 0 aromatic rings. The third-order valence-electron chi connectivity index (χ3n) is 3.72. The maximum atomic E-state index is 12.2. The van der Waals surface area contributed by atoms with Crippen LogP contribution in [0.25, 0.3) is 0 Å². The van der Waals surface area contributed by atoms with E-state index in [9.17, 15) is 13.2 Å². The molecular weight excluding hydrogens is 304 g/mol. The number of carbonyl (C=O) groups excluding carboxylic acids is 1. The molecule has 0 aromatic heterocycles. The summed E-state index contributed by atoms with van der Waals surface area (Å²) in [4.78, 5) is 13.9. The van der Waals surface area contributed by atoms with Crippen molar-refractivity contribution in [2.45, 2.75) is 6.42 Å². The summed E-state index contributed by atoms with van der Waals surface area (Å²) in [6, 6.07) is 0. The average Bonchev–Trinajstić information content (AvgIpc) is 2.52. The van der Waals surface area contributed by atoms with Gasteiger partial charge in [-0.25, -0.2) is 8.42 Å². The van der Waals surface area contributed by atoms with Crippen molar-refractivity contribution in [1.82, 2.24) is 15.5 Å². The van der Waals surface area contributed by atoms with Crippen molar-refractivity contribution in [3.05, 3.63) is 35.6 Å². The number of rotatable bonds is 3. The molecule has 3 heterocycles. The minimum atomic E-state index is -3.36. The Morgan fingerprint density at radius 3 is 3.05 bits per heavy atom. The topological polar surface area (TPSA) is 90.9 Å². The third-order valence-corrected chi connectivity index (χ3v) is 4.88. The van der Waals surface area contributed by atoms with Crippen LogP contribution in [0.5, 0.6) is 0 Å². The van der Waals surface area contributed by atoms with Crippen LogP contribution in [-0.2, 0) is 14.8 Å². The first-order chi connectivity index (χ1) is 10.5. The molecule has 0 atom stereocenters. The van der Waals surface area contributed by atoms with Gasteiger partial charge in [0.05, 0.1) is 11.3 Å². The van der Waals surface area contributed by atoms with Gasteiger partial charge >= 0.3 is 0 Å². The summed E-state index contributed by atoms with van der Waals surface area (Å²) in [7, 11) is -3.36. The number of amides is 1. The zero-order chi connectivity index (χ0) is 15.6. The van der Waals surface area contributed by atoms with Crippen LogP contribution in [0.15, 0.2) is 40.0 Å². The zero-order valence-corrected chi connectivity index (χ0v) is 12.9. The van der Waals surface area contributed by atoms with Crippen LogP contribution in [-0.4, -0.2) is 57.0 Å². The second-order valence-corrected chi connectivity index (χ2v) is 7.10. The van der Waals surface area contributed by atoms with Crippen molar-refractivity contribution in [2.24, 2.45) is 4.40 Å². The van der Waals surface area contributed by atoms with Crippen LogP contribution in [0.1, 0.15) is 6.42 Å². The number of hydrogen-bond donors (Lipinski definition) is 2. The van der Waals surface area contributed by atoms with Crippen molar-refractivity contribution in [3.63, 3.8) is 0 Å². The lowest BCUT2D eigenvalue weighted by Gasteiger charge is -2.27. The van der Waals surface area contributed by atoms with Gasteiger partial charge in [-0.1, -0.05) is 11.6 Å². The van der Waals surface area contributed by atoms with E-state index in [-0.39, 0.29) is 11.7 Å². The SMILES string of the molecule is O=C(NCC1=CCNCC1)C1=CN2CCS(=O)(=O)N=C2C=C1. The highest BCUT2D eigenvalue weighted by atomic mass is 32.2. The van der Waals surface area contributed by atoms with Gasteiger partial charge in [0.1, 0.15) is 5.84 Å². The Labute approximate surface area is 129 Å². The summed E-state index contributed by atoms with van der Waals surface area (Å²) in [5.41, 5.74) is 1.73. The third kappa shape index (κ3) is 3.45. The second kappa shape index (κ2) is 6.05. The van der Waals surface area contributed by atoms with E-state index in [0.717, 1.165) is 19.5 Å². The molecule has 3 aliphatic rings. The Bertz CT molecular complexity index is 704. The molecule has 0 aromatic carbocycles. The number of sulfonamides is 1. The highest BCUT2D eigenvalue weighted by Crippen LogP contribution is 2.16. The van der Waals surface area contributed by atoms with E-state index >= 15 is 0 Å². The maximum absolute atomic E-state index is 12.2. The van der Waals surface area contributed by atoms with Gasteiger partial charge in [-0.05, 0) is 25.1 Å². The molecule has 0 unspecified atom stereocenters. The molecule has 0 fully saturated rings. The fourth-order valence-electron chi connectivity index (χ4n) is 2.46. The molecule has 0 aliphatic carbocycles. The molecule has 0 saturated carbocycles. The summed E-state index contributed by atoms with van der Waals surface area (Å²) >= 11 is 0. The van der Waals surface area contributed by atoms with Gasteiger partial charge < -0.3 is 15.5 Å². The lowest BCUT2D eigenvalue weighted by molar-refractivity contribution is -0.117. The smallest absolute Gasteiger partial charge is 0.256 e. The summed E-state index contributed by atoms with van der Waals surface area (Å²) in [6.07, 6.45) is 7.85. The molecule has 0 spiro atoms. The minimum absolute atomic E-state index is 0.0321. The summed E-state index contributed by atoms with van der Waals surface area (Å²) in [5.74, 6) is 0.169. The molecular formula is C14H18N4O3S. The molecule has 0 radical (unpaired) electrons. The summed E-state index contributed by atoms with van der Waals surface area (Å²) in [5, 5.41) is 6.12. The molecule has 22 heavy (non-hydrogen) atoms. The monoisotopic (exact) mass is 322 g/mol. The van der Waals surface area contributed by atoms with E-state index in [4.69, 9.17) is 0 Å². The molecule has 7 nitrogen and oxygen atoms in total. The zero-order valence-electron chi connectivity index (χ0n) is 12.1. The van der Waals surface area contributed by atoms with Crippen molar-refractivity contribution in [2.75, 3.05) is 31.9 Å². The lowest BCUT2D eigenvalue weighted by Crippen LogP contribution is -2.38. The number of nitrogens with one attached hydrogen (secondary N) is 2. The highest BCUT2D eigenvalue weighted by Gasteiger charge is 2.24. The Kier molecular flexibility index (Phi) is 4.12. The Morgan fingerprint density at radius 1 is 1.41 bits per heavy atom. The van der Waals surface area contributed by atoms with Crippen LogP contribution < -0.4 is 10.6 Å². The van der Waals surface area contributed by atoms with Crippen LogP contribution in [0, 0.1) is 0 Å². The van der Waals surface area contributed by atoms with Gasteiger partial charge in [0, 0.05) is 25.8 Å². The largest absolute Gasteiger partial charge is 0.348 e. The minimum Gasteiger partial charge on any atom is -0.348 e. The molecule has 8 heteroatoms. The lowest BCUT2D eigenvalue weighted by atomic mass is 10.1. The molecule has 2 N–H and O–H groups in total. The maximum Gasteiger partial charge on any atom is 0.256 e. The Hall–Kier alpha value is -1.93. The second-order valence-electron chi connectivity index (χ2n) is 5.35. The molecule has 0 saturated heterocycles. The highest BCUT2D eigenvalue weighted by molar-refractivity contribution is 7.90. The van der Waals surface area contributed by atoms with E-state index in [0.29, 0.717) is 24.5 Å². The van der Waals surface area contributed by atoms with E-state index in [1.807, 2.05) is 0 Å². The Morgan fingerprint density at radius 2 is 2.27 bits per heavy atom. The van der Waals surface area contributed by atoms with Crippen molar-refractivity contribution in [1.29, 1.82) is 0 Å². The van der Waals surface area contributed by atoms with Gasteiger partial charge in [0.2, 0.25) is 0 Å². The van der Waals surface area contributed by atoms with Gasteiger partial charge in [0.25, 0.3) is 15.9 Å². The van der Waals surface area contributed by atoms with Gasteiger partial charge in [-0.3, -0.25) is 4.79 Å². The van der Waals surface area contributed by atoms with Gasteiger partial charge in [-0.15, -0.1) is 4.40 Å². The fraction of sp³-hybridized carbons (Fsp3) is 0.429. The van der Waals surface area contributed by atoms with E-state index < -0.39 is 10.0 Å². The van der Waals surface area contributed by atoms with E-state index in [1.165, 1.54) is 5.57 Å². The van der Waals surface area contributed by atoms with Crippen molar-refractivity contribution in [3.8, 4) is 0 Å². The molecule has 3 aliphatic heterocycles. The standard InChI is InChI=1S/C14H18N4O3S/c19-14(16-9-11-3-5-15-6-4-11)12-1-2-13-17-22(20,21)8-7-18(13)10-12/h1-3,10,15H,4-9H2,(H,16,19). The first-order valence-corrected chi connectivity index (χ1v) is 8.80. The number of amidine groups is 1. The Balaban J connectivity index is 1.64. The van der Waals surface area contributed by atoms with E-state index in [1.54, 1.807) is 23.3 Å². The predicted molar refractivity (Wildman–Crippen MR) is 83.7 cm³/mol.